The second-order valence-electron chi connectivity index (χ2n) is 4.27. The van der Waals surface area contributed by atoms with Crippen LogP contribution >= 0.6 is 0 Å². The minimum Gasteiger partial charge on any atom is -0.456 e. The number of hydrogen-bond acceptors (Lipinski definition) is 3. The van der Waals surface area contributed by atoms with Gasteiger partial charge in [-0.15, -0.1) is 0 Å². The van der Waals surface area contributed by atoms with Crippen LogP contribution in [0.1, 0.15) is 19.3 Å². The summed E-state index contributed by atoms with van der Waals surface area (Å²) in [7, 11) is 3.88. The Kier molecular flexibility index (Phi) is 2.86. The van der Waals surface area contributed by atoms with E-state index in [1.54, 1.807) is 0 Å². The summed E-state index contributed by atoms with van der Waals surface area (Å²) in [6.45, 7) is 3.99. The Bertz CT molecular complexity index is 168. The normalized spacial score (nSPS) is 38.3. The zero-order chi connectivity index (χ0) is 9.26. The summed E-state index contributed by atoms with van der Waals surface area (Å²) in [5.74, 6) is 0. The summed E-state index contributed by atoms with van der Waals surface area (Å²) in [4.78, 5) is 4.41. The van der Waals surface area contributed by atoms with Crippen molar-refractivity contribution in [2.75, 3.05) is 26.2 Å². The van der Waals surface area contributed by atoms with Crippen molar-refractivity contribution < 1.29 is 5.11 Å². The smallest absolute Gasteiger partial charge is 0.0809 e. The molecule has 2 aliphatic rings. The summed E-state index contributed by atoms with van der Waals surface area (Å²) in [5, 5.41) is 9.79. The Morgan fingerprint density at radius 1 is 1.08 bits per heavy atom. The van der Waals surface area contributed by atoms with Gasteiger partial charge in [0, 0.05) is 6.04 Å². The quantitative estimate of drug-likeness (QED) is 0.593. The van der Waals surface area contributed by atoms with E-state index in [9.17, 15) is 5.11 Å². The van der Waals surface area contributed by atoms with Gasteiger partial charge in [-0.2, -0.15) is 0 Å². The highest BCUT2D eigenvalue weighted by Gasteiger charge is 2.31. The first-order valence-corrected chi connectivity index (χ1v) is 5.25. The number of likely N-dealkylation sites (tertiary alicyclic amines) is 2. The standard InChI is InChI=1S/C10H19N2O/c1-11-7-9(10(13)8-11)12-5-3-2-4-6-12/h9-10,13H,1-8H2/q-1/t9-,10-/m0/s1. The Labute approximate surface area is 80.3 Å². The lowest BCUT2D eigenvalue weighted by atomic mass is 10.1. The molecule has 2 atom stereocenters. The minimum absolute atomic E-state index is 0.185. The third-order valence-electron chi connectivity index (χ3n) is 3.19. The van der Waals surface area contributed by atoms with Gasteiger partial charge in [-0.05, 0) is 39.0 Å². The number of β-amino-alcohol motifs (C(OH)–C–C–N with tert-alkyl or cyclic N) is 1. The number of aliphatic hydroxyl groups is 1. The first-order valence-electron chi connectivity index (χ1n) is 5.25. The van der Waals surface area contributed by atoms with E-state index in [4.69, 9.17) is 0 Å². The van der Waals surface area contributed by atoms with Crippen LogP contribution in [0.25, 0.3) is 0 Å². The molecule has 1 N–H and O–H groups in total. The molecule has 0 aliphatic carbocycles. The molecular weight excluding hydrogens is 164 g/mol. The first kappa shape index (κ1) is 9.44. The molecule has 0 aromatic rings. The van der Waals surface area contributed by atoms with Crippen LogP contribution in [-0.2, 0) is 0 Å². The van der Waals surface area contributed by atoms with Gasteiger partial charge >= 0.3 is 0 Å². The lowest BCUT2D eigenvalue weighted by Crippen LogP contribution is -2.45. The summed E-state index contributed by atoms with van der Waals surface area (Å²) in [5.41, 5.74) is 0. The van der Waals surface area contributed by atoms with Gasteiger partial charge in [0.25, 0.3) is 0 Å². The summed E-state index contributed by atoms with van der Waals surface area (Å²) in [6, 6.07) is 0.345. The highest BCUT2D eigenvalue weighted by molar-refractivity contribution is 4.91. The minimum atomic E-state index is -0.185. The molecule has 0 radical (unpaired) electrons. The van der Waals surface area contributed by atoms with E-state index in [0.29, 0.717) is 6.04 Å². The van der Waals surface area contributed by atoms with Gasteiger partial charge in [0.1, 0.15) is 0 Å². The van der Waals surface area contributed by atoms with Gasteiger partial charge in [-0.1, -0.05) is 6.42 Å². The second-order valence-corrected chi connectivity index (χ2v) is 4.27. The molecule has 0 bridgehead atoms. The number of aliphatic hydroxyl groups excluding tert-OH is 1. The van der Waals surface area contributed by atoms with E-state index < -0.39 is 0 Å². The van der Waals surface area contributed by atoms with Crippen LogP contribution in [0.3, 0.4) is 0 Å². The Balaban J connectivity index is 1.91. The molecule has 3 heteroatoms. The van der Waals surface area contributed by atoms with Crippen molar-refractivity contribution >= 4 is 0 Å². The van der Waals surface area contributed by atoms with Gasteiger partial charge < -0.3 is 10.0 Å². The summed E-state index contributed by atoms with van der Waals surface area (Å²) in [6.07, 6.45) is 3.75. The molecule has 0 aromatic carbocycles. The molecule has 2 aliphatic heterocycles. The number of rotatable bonds is 1. The SMILES string of the molecule is [CH2-]N1C[C@H](O)[C@@H](N2CCCCC2)C1. The van der Waals surface area contributed by atoms with Gasteiger partial charge in [0.2, 0.25) is 0 Å². The number of piperidine rings is 1. The topological polar surface area (TPSA) is 26.7 Å². The predicted molar refractivity (Wildman–Crippen MR) is 52.1 cm³/mol. The molecule has 2 saturated heterocycles. The zero-order valence-corrected chi connectivity index (χ0v) is 8.15. The van der Waals surface area contributed by atoms with Crippen LogP contribution in [-0.4, -0.2) is 53.2 Å². The zero-order valence-electron chi connectivity index (χ0n) is 8.15. The van der Waals surface area contributed by atoms with E-state index in [-0.39, 0.29) is 6.10 Å². The van der Waals surface area contributed by atoms with Crippen LogP contribution in [0.15, 0.2) is 0 Å². The van der Waals surface area contributed by atoms with Crippen molar-refractivity contribution in [2.24, 2.45) is 0 Å². The van der Waals surface area contributed by atoms with Crippen molar-refractivity contribution in [2.45, 2.75) is 31.4 Å². The molecule has 13 heavy (non-hydrogen) atoms. The van der Waals surface area contributed by atoms with Gasteiger partial charge in [0.05, 0.1) is 6.10 Å². The average molecular weight is 183 g/mol. The Morgan fingerprint density at radius 2 is 1.77 bits per heavy atom. The molecule has 2 fully saturated rings. The van der Waals surface area contributed by atoms with Crippen molar-refractivity contribution in [1.29, 1.82) is 0 Å². The van der Waals surface area contributed by atoms with Gasteiger partial charge in [-0.3, -0.25) is 11.9 Å². The van der Waals surface area contributed by atoms with Crippen molar-refractivity contribution in [1.82, 2.24) is 9.80 Å². The highest BCUT2D eigenvalue weighted by atomic mass is 16.3. The largest absolute Gasteiger partial charge is 0.456 e. The Hall–Kier alpha value is -0.120. The average Bonchev–Trinajstić information content (AvgIpc) is 2.47. The number of nitrogens with zero attached hydrogens (tertiary/aromatic N) is 2. The summed E-state index contributed by atoms with van der Waals surface area (Å²) >= 11 is 0. The van der Waals surface area contributed by atoms with E-state index in [1.807, 2.05) is 4.90 Å². The van der Waals surface area contributed by atoms with Gasteiger partial charge in [0.15, 0.2) is 0 Å². The van der Waals surface area contributed by atoms with Crippen LogP contribution in [0, 0.1) is 7.05 Å². The second kappa shape index (κ2) is 3.95. The van der Waals surface area contributed by atoms with E-state index >= 15 is 0 Å². The third-order valence-corrected chi connectivity index (χ3v) is 3.19. The lowest BCUT2D eigenvalue weighted by Gasteiger charge is -2.34. The van der Waals surface area contributed by atoms with Crippen molar-refractivity contribution in [3.63, 3.8) is 0 Å². The van der Waals surface area contributed by atoms with Crippen LogP contribution in [0.4, 0.5) is 0 Å². The summed E-state index contributed by atoms with van der Waals surface area (Å²) < 4.78 is 0. The van der Waals surface area contributed by atoms with Crippen LogP contribution in [0.5, 0.6) is 0 Å². The predicted octanol–water partition coefficient (Wildman–Crippen LogP) is 0.309. The van der Waals surface area contributed by atoms with E-state index in [2.05, 4.69) is 11.9 Å². The first-order chi connectivity index (χ1) is 6.27. The highest BCUT2D eigenvalue weighted by Crippen LogP contribution is 2.19. The van der Waals surface area contributed by atoms with Gasteiger partial charge in [-0.25, -0.2) is 0 Å². The van der Waals surface area contributed by atoms with Crippen LogP contribution in [0.2, 0.25) is 0 Å². The van der Waals surface area contributed by atoms with Crippen molar-refractivity contribution in [3.8, 4) is 0 Å². The monoisotopic (exact) mass is 183 g/mol. The van der Waals surface area contributed by atoms with Crippen LogP contribution < -0.4 is 0 Å². The fourth-order valence-electron chi connectivity index (χ4n) is 2.46. The maximum absolute atomic E-state index is 9.79. The molecule has 76 valence electrons. The third kappa shape index (κ3) is 2.03. The fourth-order valence-corrected chi connectivity index (χ4v) is 2.46. The Morgan fingerprint density at radius 3 is 2.31 bits per heavy atom. The molecule has 0 aromatic heterocycles. The lowest BCUT2D eigenvalue weighted by molar-refractivity contribution is 0.0706. The molecule has 0 saturated carbocycles. The van der Waals surface area contributed by atoms with E-state index in [0.717, 1.165) is 26.2 Å². The molecule has 3 nitrogen and oxygen atoms in total. The fraction of sp³-hybridized carbons (Fsp3) is 0.900. The number of hydrogen-bond donors (Lipinski definition) is 1. The molecular formula is C10H19N2O-. The molecule has 0 spiro atoms. The molecule has 2 heterocycles. The maximum atomic E-state index is 9.79. The molecule has 2 rings (SSSR count). The molecule has 0 amide bonds. The van der Waals surface area contributed by atoms with Crippen molar-refractivity contribution in [3.05, 3.63) is 7.05 Å². The molecule has 0 unspecified atom stereocenters. The maximum Gasteiger partial charge on any atom is 0.0809 e. The van der Waals surface area contributed by atoms with E-state index in [1.165, 1.54) is 19.3 Å².